The van der Waals surface area contributed by atoms with Crippen LogP contribution in [-0.4, -0.2) is 49.8 Å². The summed E-state index contributed by atoms with van der Waals surface area (Å²) in [5.74, 6) is -1.54. The molecular formula is C19H28F2N2O. The third-order valence-corrected chi connectivity index (χ3v) is 5.22. The fourth-order valence-corrected chi connectivity index (χ4v) is 3.89. The summed E-state index contributed by atoms with van der Waals surface area (Å²) in [4.78, 5) is 4.74. The summed E-state index contributed by atoms with van der Waals surface area (Å²) >= 11 is 0. The molecular weight excluding hydrogens is 310 g/mol. The van der Waals surface area contributed by atoms with Crippen LogP contribution in [0.2, 0.25) is 0 Å². The number of piperidine rings is 2. The summed E-state index contributed by atoms with van der Waals surface area (Å²) in [5, 5.41) is 0. The number of anilines is 1. The highest BCUT2D eigenvalue weighted by Crippen LogP contribution is 2.26. The van der Waals surface area contributed by atoms with Gasteiger partial charge in [0.1, 0.15) is 0 Å². The molecule has 0 radical (unpaired) electrons. The molecule has 2 fully saturated rings. The second-order valence-electron chi connectivity index (χ2n) is 6.95. The van der Waals surface area contributed by atoms with Crippen LogP contribution >= 0.6 is 0 Å². The zero-order chi connectivity index (χ0) is 16.9. The Morgan fingerprint density at radius 2 is 1.88 bits per heavy atom. The van der Waals surface area contributed by atoms with Crippen LogP contribution in [0.1, 0.15) is 39.0 Å². The lowest BCUT2D eigenvalue weighted by Crippen LogP contribution is -2.50. The van der Waals surface area contributed by atoms with Crippen LogP contribution in [-0.2, 0) is 4.74 Å². The fourth-order valence-electron chi connectivity index (χ4n) is 3.89. The normalized spacial score (nSPS) is 23.6. The van der Waals surface area contributed by atoms with Crippen molar-refractivity contribution in [2.75, 3.05) is 37.7 Å². The monoisotopic (exact) mass is 338 g/mol. The van der Waals surface area contributed by atoms with Crippen molar-refractivity contribution < 1.29 is 13.5 Å². The van der Waals surface area contributed by atoms with Gasteiger partial charge in [-0.15, -0.1) is 0 Å². The molecule has 2 saturated heterocycles. The second-order valence-corrected chi connectivity index (χ2v) is 6.95. The molecule has 1 aromatic carbocycles. The molecule has 24 heavy (non-hydrogen) atoms. The smallest absolute Gasteiger partial charge is 0.160 e. The molecule has 3 nitrogen and oxygen atoms in total. The number of likely N-dealkylation sites (tertiary alicyclic amines) is 1. The molecule has 0 spiro atoms. The molecule has 1 unspecified atom stereocenters. The molecule has 2 aliphatic heterocycles. The number of rotatable bonds is 5. The van der Waals surface area contributed by atoms with Crippen molar-refractivity contribution in [3.63, 3.8) is 0 Å². The van der Waals surface area contributed by atoms with Crippen LogP contribution in [0, 0.1) is 11.6 Å². The van der Waals surface area contributed by atoms with E-state index in [1.54, 1.807) is 6.07 Å². The van der Waals surface area contributed by atoms with E-state index < -0.39 is 11.6 Å². The van der Waals surface area contributed by atoms with Crippen molar-refractivity contribution in [3.05, 3.63) is 29.8 Å². The van der Waals surface area contributed by atoms with Crippen LogP contribution in [0.4, 0.5) is 14.5 Å². The van der Waals surface area contributed by atoms with E-state index in [0.29, 0.717) is 12.1 Å². The first kappa shape index (κ1) is 17.6. The van der Waals surface area contributed by atoms with Crippen molar-refractivity contribution in [1.82, 2.24) is 4.90 Å². The molecule has 2 aliphatic rings. The lowest BCUT2D eigenvalue weighted by atomic mass is 9.98. The van der Waals surface area contributed by atoms with Gasteiger partial charge in [-0.1, -0.05) is 6.92 Å². The highest BCUT2D eigenvalue weighted by molar-refractivity contribution is 5.47. The highest BCUT2D eigenvalue weighted by atomic mass is 19.2. The Kier molecular flexibility index (Phi) is 6.06. The molecule has 0 N–H and O–H groups in total. The zero-order valence-electron chi connectivity index (χ0n) is 14.5. The molecule has 0 bridgehead atoms. The van der Waals surface area contributed by atoms with Crippen LogP contribution < -0.4 is 4.90 Å². The average molecular weight is 338 g/mol. The minimum absolute atomic E-state index is 0.378. The van der Waals surface area contributed by atoms with Gasteiger partial charge in [0.25, 0.3) is 0 Å². The maximum Gasteiger partial charge on any atom is 0.160 e. The largest absolute Gasteiger partial charge is 0.377 e. The summed E-state index contributed by atoms with van der Waals surface area (Å²) in [6.45, 7) is 6.98. The third kappa shape index (κ3) is 4.25. The Balaban J connectivity index is 1.52. The van der Waals surface area contributed by atoms with Crippen molar-refractivity contribution >= 4 is 5.69 Å². The number of ether oxygens (including phenoxy) is 1. The van der Waals surface area contributed by atoms with Gasteiger partial charge < -0.3 is 9.64 Å². The summed E-state index contributed by atoms with van der Waals surface area (Å²) in [5.41, 5.74) is 0.787. The Hall–Kier alpha value is -1.20. The van der Waals surface area contributed by atoms with Crippen LogP contribution in [0.25, 0.3) is 0 Å². The van der Waals surface area contributed by atoms with Crippen molar-refractivity contribution in [2.24, 2.45) is 0 Å². The van der Waals surface area contributed by atoms with E-state index in [4.69, 9.17) is 4.74 Å². The zero-order valence-corrected chi connectivity index (χ0v) is 14.5. The van der Waals surface area contributed by atoms with E-state index >= 15 is 0 Å². The first-order chi connectivity index (χ1) is 11.7. The molecule has 134 valence electrons. The van der Waals surface area contributed by atoms with E-state index in [1.807, 2.05) is 0 Å². The molecule has 2 heterocycles. The van der Waals surface area contributed by atoms with E-state index in [2.05, 4.69) is 16.7 Å². The van der Waals surface area contributed by atoms with Crippen molar-refractivity contribution in [3.8, 4) is 0 Å². The van der Waals surface area contributed by atoms with E-state index in [1.165, 1.54) is 25.0 Å². The van der Waals surface area contributed by atoms with Gasteiger partial charge in [-0.3, -0.25) is 4.90 Å². The second kappa shape index (κ2) is 8.26. The maximum atomic E-state index is 13.4. The fraction of sp³-hybridized carbons (Fsp3) is 0.684. The van der Waals surface area contributed by atoms with Crippen LogP contribution in [0.5, 0.6) is 0 Å². The number of halogens is 2. The molecule has 3 rings (SSSR count). The van der Waals surface area contributed by atoms with Gasteiger partial charge in [0.2, 0.25) is 0 Å². The van der Waals surface area contributed by atoms with Gasteiger partial charge in [0, 0.05) is 44.0 Å². The Morgan fingerprint density at radius 1 is 1.08 bits per heavy atom. The van der Waals surface area contributed by atoms with Crippen molar-refractivity contribution in [1.29, 1.82) is 0 Å². The maximum absolute atomic E-state index is 13.4. The molecule has 0 saturated carbocycles. The van der Waals surface area contributed by atoms with E-state index in [0.717, 1.165) is 57.7 Å². The standard InChI is InChI=1S/C19H28F2N2O/c1-2-12-24-17-4-3-9-23(14-17)15-7-10-22(11-8-15)16-5-6-18(20)19(21)13-16/h5-6,13,15,17H,2-4,7-12,14H2,1H3. The molecule has 0 aromatic heterocycles. The first-order valence-corrected chi connectivity index (χ1v) is 9.23. The summed E-state index contributed by atoms with van der Waals surface area (Å²) < 4.78 is 32.4. The van der Waals surface area contributed by atoms with Crippen LogP contribution in [0.3, 0.4) is 0 Å². The predicted molar refractivity (Wildman–Crippen MR) is 92.4 cm³/mol. The SMILES string of the molecule is CCCOC1CCCN(C2CCN(c3ccc(F)c(F)c3)CC2)C1. The molecule has 5 heteroatoms. The Morgan fingerprint density at radius 3 is 2.58 bits per heavy atom. The molecule has 0 aliphatic carbocycles. The summed E-state index contributed by atoms with van der Waals surface area (Å²) in [6.07, 6.45) is 5.97. The molecule has 1 atom stereocenters. The minimum Gasteiger partial charge on any atom is -0.377 e. The van der Waals surface area contributed by atoms with E-state index in [-0.39, 0.29) is 0 Å². The van der Waals surface area contributed by atoms with Gasteiger partial charge in [0.15, 0.2) is 11.6 Å². The number of nitrogens with zero attached hydrogens (tertiary/aromatic N) is 2. The summed E-state index contributed by atoms with van der Waals surface area (Å²) in [6, 6.07) is 4.79. The van der Waals surface area contributed by atoms with Crippen molar-refractivity contribution in [2.45, 2.75) is 51.2 Å². The van der Waals surface area contributed by atoms with Gasteiger partial charge >= 0.3 is 0 Å². The summed E-state index contributed by atoms with van der Waals surface area (Å²) in [7, 11) is 0. The number of hydrogen-bond acceptors (Lipinski definition) is 3. The lowest BCUT2D eigenvalue weighted by Gasteiger charge is -2.42. The molecule has 1 aromatic rings. The van der Waals surface area contributed by atoms with Gasteiger partial charge in [-0.2, -0.15) is 0 Å². The minimum atomic E-state index is -0.778. The van der Waals surface area contributed by atoms with Crippen LogP contribution in [0.15, 0.2) is 18.2 Å². The topological polar surface area (TPSA) is 15.7 Å². The Labute approximate surface area is 143 Å². The quantitative estimate of drug-likeness (QED) is 0.812. The lowest BCUT2D eigenvalue weighted by molar-refractivity contribution is -0.0155. The third-order valence-electron chi connectivity index (χ3n) is 5.22. The first-order valence-electron chi connectivity index (χ1n) is 9.23. The highest BCUT2D eigenvalue weighted by Gasteiger charge is 2.29. The van der Waals surface area contributed by atoms with E-state index in [9.17, 15) is 8.78 Å². The van der Waals surface area contributed by atoms with Gasteiger partial charge in [-0.25, -0.2) is 8.78 Å². The number of hydrogen-bond donors (Lipinski definition) is 0. The average Bonchev–Trinajstić information content (AvgIpc) is 2.63. The Bertz CT molecular complexity index is 532. The molecule has 0 amide bonds. The predicted octanol–water partition coefficient (Wildman–Crippen LogP) is 3.82. The van der Waals surface area contributed by atoms with Gasteiger partial charge in [-0.05, 0) is 50.8 Å². The van der Waals surface area contributed by atoms with Gasteiger partial charge in [0.05, 0.1) is 6.10 Å². The number of benzene rings is 1.